The summed E-state index contributed by atoms with van der Waals surface area (Å²) in [6.45, 7) is 0. The van der Waals surface area contributed by atoms with Crippen molar-refractivity contribution in [2.45, 2.75) is 10.5 Å². The van der Waals surface area contributed by atoms with Crippen LogP contribution in [0.3, 0.4) is 0 Å². The summed E-state index contributed by atoms with van der Waals surface area (Å²) in [6, 6.07) is 44.2. The SMILES string of the molecule is C1=C[C@H](P(c2ccccc2)c2ccccc2)[C]([Fe][C@@H]2C=CC(P(c3ccccc3)c3ccccc3)=C2)=C1. The van der Waals surface area contributed by atoms with Crippen LogP contribution in [-0.2, 0) is 15.0 Å². The van der Waals surface area contributed by atoms with Crippen molar-refractivity contribution in [2.24, 2.45) is 0 Å². The van der Waals surface area contributed by atoms with Crippen molar-refractivity contribution in [1.82, 2.24) is 0 Å². The minimum absolute atomic E-state index is 0.435. The van der Waals surface area contributed by atoms with Crippen LogP contribution in [0.25, 0.3) is 0 Å². The Morgan fingerprint density at radius 2 is 1.03 bits per heavy atom. The first-order valence-corrected chi connectivity index (χ1v) is 16.5. The second kappa shape index (κ2) is 11.7. The predicted octanol–water partition coefficient (Wildman–Crippen LogP) is 7.40. The van der Waals surface area contributed by atoms with E-state index in [0.717, 1.165) is 15.0 Å². The van der Waals surface area contributed by atoms with Gasteiger partial charge in [0.05, 0.1) is 0 Å². The summed E-state index contributed by atoms with van der Waals surface area (Å²) in [7, 11) is -1.05. The van der Waals surface area contributed by atoms with Gasteiger partial charge in [0.25, 0.3) is 0 Å². The van der Waals surface area contributed by atoms with E-state index in [4.69, 9.17) is 0 Å². The van der Waals surface area contributed by atoms with E-state index in [1.807, 2.05) is 0 Å². The Morgan fingerprint density at radius 1 is 0.541 bits per heavy atom. The molecule has 2 aliphatic carbocycles. The van der Waals surface area contributed by atoms with Crippen LogP contribution in [-0.4, -0.2) is 5.66 Å². The van der Waals surface area contributed by atoms with Crippen LogP contribution in [0.15, 0.2) is 168 Å². The van der Waals surface area contributed by atoms with E-state index in [-0.39, 0.29) is 0 Å². The van der Waals surface area contributed by atoms with E-state index in [2.05, 4.69) is 158 Å². The number of hydrogen-bond donors (Lipinski definition) is 0. The van der Waals surface area contributed by atoms with Gasteiger partial charge in [-0.3, -0.25) is 0 Å². The molecule has 0 heterocycles. The Morgan fingerprint density at radius 3 is 1.54 bits per heavy atom. The zero-order chi connectivity index (χ0) is 24.9. The first-order chi connectivity index (χ1) is 18.4. The van der Waals surface area contributed by atoms with Gasteiger partial charge in [-0.05, 0) is 0 Å². The summed E-state index contributed by atoms with van der Waals surface area (Å²) in [5.41, 5.74) is 0.440. The van der Waals surface area contributed by atoms with Crippen molar-refractivity contribution in [2.75, 3.05) is 0 Å². The van der Waals surface area contributed by atoms with Crippen LogP contribution in [0.2, 0.25) is 4.82 Å². The fourth-order valence-corrected chi connectivity index (χ4v) is 11.9. The molecule has 0 nitrogen and oxygen atoms in total. The molecule has 2 aliphatic rings. The van der Waals surface area contributed by atoms with Crippen molar-refractivity contribution in [3.63, 3.8) is 0 Å². The number of hydrogen-bond acceptors (Lipinski definition) is 0. The van der Waals surface area contributed by atoms with Gasteiger partial charge in [0.1, 0.15) is 0 Å². The van der Waals surface area contributed by atoms with Crippen molar-refractivity contribution in [3.05, 3.63) is 168 Å². The second-order valence-corrected chi connectivity index (χ2v) is 15.1. The maximum absolute atomic E-state index is 2.54. The van der Waals surface area contributed by atoms with Gasteiger partial charge in [-0.1, -0.05) is 0 Å². The van der Waals surface area contributed by atoms with Crippen molar-refractivity contribution >= 4 is 37.1 Å². The molecule has 182 valence electrons. The average Bonchev–Trinajstić information content (AvgIpc) is 3.62. The van der Waals surface area contributed by atoms with Crippen LogP contribution in [0.4, 0.5) is 0 Å². The van der Waals surface area contributed by atoms with Gasteiger partial charge >= 0.3 is 230 Å². The molecular weight excluding hydrogens is 526 g/mol. The zero-order valence-corrected chi connectivity index (χ0v) is 23.3. The summed E-state index contributed by atoms with van der Waals surface area (Å²) in [5.74, 6) is 0. The molecule has 0 aromatic heterocycles. The summed E-state index contributed by atoms with van der Waals surface area (Å²) < 4.78 is 1.55. The Balaban J connectivity index is 1.28. The fourth-order valence-electron chi connectivity index (χ4n) is 4.79. The van der Waals surface area contributed by atoms with Gasteiger partial charge in [0.15, 0.2) is 0 Å². The Labute approximate surface area is 229 Å². The molecule has 0 radical (unpaired) electrons. The number of rotatable bonds is 8. The van der Waals surface area contributed by atoms with Crippen LogP contribution in [0.1, 0.15) is 0 Å². The van der Waals surface area contributed by atoms with Crippen molar-refractivity contribution in [3.8, 4) is 0 Å². The van der Waals surface area contributed by atoms with Gasteiger partial charge in [-0.2, -0.15) is 0 Å². The topological polar surface area (TPSA) is 0 Å². The Hall–Kier alpha value is -2.78. The third-order valence-corrected chi connectivity index (χ3v) is 13.5. The van der Waals surface area contributed by atoms with E-state index >= 15 is 0 Å². The summed E-state index contributed by atoms with van der Waals surface area (Å²) in [6.07, 6.45) is 14.5. The molecule has 0 unspecified atom stereocenters. The van der Waals surface area contributed by atoms with E-state index in [1.54, 1.807) is 4.47 Å². The van der Waals surface area contributed by atoms with Crippen LogP contribution in [0.5, 0.6) is 0 Å². The van der Waals surface area contributed by atoms with Crippen LogP contribution in [0, 0.1) is 0 Å². The Bertz CT molecular complexity index is 1360. The molecule has 0 amide bonds. The van der Waals surface area contributed by atoms with Gasteiger partial charge in [-0.25, -0.2) is 0 Å². The normalized spacial score (nSPS) is 18.5. The van der Waals surface area contributed by atoms with Crippen molar-refractivity contribution in [1.29, 1.82) is 0 Å². The molecule has 0 bridgehead atoms. The molecule has 6 rings (SSSR count). The second-order valence-electron chi connectivity index (χ2n) is 8.90. The molecule has 0 aliphatic heterocycles. The third kappa shape index (κ3) is 5.57. The number of benzene rings is 4. The molecular formula is C34H28FeP2. The third-order valence-electron chi connectivity index (χ3n) is 6.46. The summed E-state index contributed by atoms with van der Waals surface area (Å²) in [4.78, 5) is 0.435. The van der Waals surface area contributed by atoms with E-state index in [9.17, 15) is 0 Å². The van der Waals surface area contributed by atoms with Crippen LogP contribution >= 0.6 is 15.8 Å². The molecule has 0 fully saturated rings. The van der Waals surface area contributed by atoms with E-state index in [0.29, 0.717) is 10.5 Å². The molecule has 0 spiro atoms. The maximum atomic E-state index is 2.54. The minimum atomic E-state index is -0.549. The standard InChI is InChI=1S/2C17H14P.Fe/c2*1-3-9-15(10-4-1)18(17-13-7-8-14-17)16-11-5-2-6-12-16;/h1-13,17H;1-14H;/t17-;;/m0../s1. The molecule has 37 heavy (non-hydrogen) atoms. The van der Waals surface area contributed by atoms with Crippen LogP contribution < -0.4 is 21.2 Å². The quantitative estimate of drug-likeness (QED) is 0.157. The van der Waals surface area contributed by atoms with Crippen molar-refractivity contribution < 1.29 is 15.0 Å². The van der Waals surface area contributed by atoms with Gasteiger partial charge in [0, 0.05) is 0 Å². The summed E-state index contributed by atoms with van der Waals surface area (Å²) in [5, 5.41) is 7.18. The molecule has 4 aromatic rings. The molecule has 2 atom stereocenters. The number of allylic oxidation sites excluding steroid dienone is 8. The fraction of sp³-hybridized carbons (Fsp3) is 0.0588. The van der Waals surface area contributed by atoms with Gasteiger partial charge in [-0.15, -0.1) is 0 Å². The predicted molar refractivity (Wildman–Crippen MR) is 160 cm³/mol. The monoisotopic (exact) mass is 554 g/mol. The summed E-state index contributed by atoms with van der Waals surface area (Å²) >= 11 is 1.07. The average molecular weight is 554 g/mol. The van der Waals surface area contributed by atoms with E-state index in [1.165, 1.54) is 26.5 Å². The molecule has 0 saturated carbocycles. The van der Waals surface area contributed by atoms with Gasteiger partial charge < -0.3 is 0 Å². The van der Waals surface area contributed by atoms with Gasteiger partial charge in [0.2, 0.25) is 0 Å². The first-order valence-electron chi connectivity index (χ1n) is 12.6. The zero-order valence-electron chi connectivity index (χ0n) is 20.4. The molecule has 4 aromatic carbocycles. The first kappa shape index (κ1) is 24.6. The molecule has 3 heteroatoms. The van der Waals surface area contributed by atoms with E-state index < -0.39 is 15.8 Å². The Kier molecular flexibility index (Phi) is 7.78. The molecule has 0 N–H and O–H groups in total. The molecule has 0 saturated heterocycles.